The van der Waals surface area contributed by atoms with Crippen molar-refractivity contribution in [2.24, 2.45) is 5.92 Å². The third kappa shape index (κ3) is 1.78. The lowest BCUT2D eigenvalue weighted by Crippen LogP contribution is -2.32. The number of hydrogen-bond acceptors (Lipinski definition) is 3. The fraction of sp³-hybridized carbons (Fsp3) is 0.333. The maximum atomic E-state index is 10.7. The molecule has 0 saturated carbocycles. The summed E-state index contributed by atoms with van der Waals surface area (Å²) < 4.78 is 1.91. The SMILES string of the molecule is Cc1nc2ccccc2n1C[C@@H](C)C(=O)[O-]. The van der Waals surface area contributed by atoms with Crippen LogP contribution in [-0.2, 0) is 11.3 Å². The number of imidazole rings is 1. The topological polar surface area (TPSA) is 58.0 Å². The van der Waals surface area contributed by atoms with Crippen LogP contribution in [0.3, 0.4) is 0 Å². The van der Waals surface area contributed by atoms with Gasteiger partial charge in [0.25, 0.3) is 0 Å². The summed E-state index contributed by atoms with van der Waals surface area (Å²) in [6.45, 7) is 3.92. The second-order valence-corrected chi connectivity index (χ2v) is 3.98. The molecule has 0 aliphatic carbocycles. The van der Waals surface area contributed by atoms with Crippen molar-refractivity contribution in [3.05, 3.63) is 30.1 Å². The number of carbonyl (C=O) groups excluding carboxylic acids is 1. The number of rotatable bonds is 3. The van der Waals surface area contributed by atoms with Gasteiger partial charge in [0.05, 0.1) is 11.0 Å². The average Bonchev–Trinajstić information content (AvgIpc) is 2.55. The number of carboxylic acid groups (broad SMARTS) is 1. The van der Waals surface area contributed by atoms with Gasteiger partial charge in [-0.15, -0.1) is 0 Å². The number of nitrogens with zero attached hydrogens (tertiary/aromatic N) is 2. The van der Waals surface area contributed by atoms with Crippen molar-refractivity contribution in [1.29, 1.82) is 0 Å². The molecule has 0 saturated heterocycles. The molecule has 0 aliphatic rings. The zero-order chi connectivity index (χ0) is 11.7. The van der Waals surface area contributed by atoms with E-state index in [0.29, 0.717) is 6.54 Å². The number of benzene rings is 1. The maximum absolute atomic E-state index is 10.7. The van der Waals surface area contributed by atoms with Crippen LogP contribution in [0.5, 0.6) is 0 Å². The van der Waals surface area contributed by atoms with E-state index in [9.17, 15) is 9.90 Å². The summed E-state index contributed by atoms with van der Waals surface area (Å²) in [6.07, 6.45) is 0. The van der Waals surface area contributed by atoms with Crippen LogP contribution in [0.2, 0.25) is 0 Å². The lowest BCUT2D eigenvalue weighted by atomic mass is 10.2. The van der Waals surface area contributed by atoms with E-state index in [1.54, 1.807) is 6.92 Å². The van der Waals surface area contributed by atoms with Gasteiger partial charge in [0, 0.05) is 18.4 Å². The van der Waals surface area contributed by atoms with Crippen LogP contribution < -0.4 is 5.11 Å². The van der Waals surface area contributed by atoms with Crippen molar-refractivity contribution in [1.82, 2.24) is 9.55 Å². The lowest BCUT2D eigenvalue weighted by Gasteiger charge is -2.14. The van der Waals surface area contributed by atoms with E-state index >= 15 is 0 Å². The maximum Gasteiger partial charge on any atom is 0.106 e. The molecule has 0 N–H and O–H groups in total. The third-order valence-corrected chi connectivity index (χ3v) is 2.70. The first kappa shape index (κ1) is 10.7. The highest BCUT2D eigenvalue weighted by Gasteiger charge is 2.10. The summed E-state index contributed by atoms with van der Waals surface area (Å²) in [4.78, 5) is 15.1. The van der Waals surface area contributed by atoms with E-state index in [1.165, 1.54) is 0 Å². The molecule has 0 fully saturated rings. The van der Waals surface area contributed by atoms with Crippen LogP contribution in [0, 0.1) is 12.8 Å². The van der Waals surface area contributed by atoms with Crippen molar-refractivity contribution in [3.63, 3.8) is 0 Å². The smallest absolute Gasteiger partial charge is 0.106 e. The predicted octanol–water partition coefficient (Wildman–Crippen LogP) is 0.731. The van der Waals surface area contributed by atoms with Crippen LogP contribution in [0.4, 0.5) is 0 Å². The van der Waals surface area contributed by atoms with Gasteiger partial charge >= 0.3 is 0 Å². The summed E-state index contributed by atoms with van der Waals surface area (Å²) in [7, 11) is 0. The van der Waals surface area contributed by atoms with E-state index in [-0.39, 0.29) is 0 Å². The van der Waals surface area contributed by atoms with Gasteiger partial charge in [-0.05, 0) is 19.1 Å². The van der Waals surface area contributed by atoms with Gasteiger partial charge in [-0.3, -0.25) is 0 Å². The van der Waals surface area contributed by atoms with Crippen LogP contribution in [0.15, 0.2) is 24.3 Å². The minimum absolute atomic E-state index is 0.397. The fourth-order valence-corrected chi connectivity index (χ4v) is 1.77. The number of carbonyl (C=O) groups is 1. The van der Waals surface area contributed by atoms with Crippen molar-refractivity contribution in [2.75, 3.05) is 0 Å². The monoisotopic (exact) mass is 217 g/mol. The van der Waals surface area contributed by atoms with Gasteiger partial charge in [0.1, 0.15) is 5.82 Å². The van der Waals surface area contributed by atoms with Gasteiger partial charge in [-0.2, -0.15) is 0 Å². The number of para-hydroxylation sites is 2. The number of aryl methyl sites for hydroxylation is 1. The molecule has 1 aromatic carbocycles. The van der Waals surface area contributed by atoms with Crippen LogP contribution in [0.25, 0.3) is 11.0 Å². The first-order valence-electron chi connectivity index (χ1n) is 5.22. The van der Waals surface area contributed by atoms with Crippen molar-refractivity contribution < 1.29 is 9.90 Å². The van der Waals surface area contributed by atoms with E-state index < -0.39 is 11.9 Å². The molecule has 0 aliphatic heterocycles. The first-order chi connectivity index (χ1) is 7.59. The summed E-state index contributed by atoms with van der Waals surface area (Å²) in [5.41, 5.74) is 1.86. The Morgan fingerprint density at radius 1 is 1.50 bits per heavy atom. The normalized spacial score (nSPS) is 12.9. The molecule has 0 bridgehead atoms. The van der Waals surface area contributed by atoms with Crippen molar-refractivity contribution in [3.8, 4) is 0 Å². The predicted molar refractivity (Wildman–Crippen MR) is 58.6 cm³/mol. The molecule has 4 nitrogen and oxygen atoms in total. The van der Waals surface area contributed by atoms with Gasteiger partial charge < -0.3 is 14.5 Å². The lowest BCUT2D eigenvalue weighted by molar-refractivity contribution is -0.311. The molecule has 4 heteroatoms. The molecule has 0 radical (unpaired) electrons. The highest BCUT2D eigenvalue weighted by atomic mass is 16.4. The Morgan fingerprint density at radius 3 is 2.88 bits per heavy atom. The van der Waals surface area contributed by atoms with Crippen LogP contribution in [-0.4, -0.2) is 15.5 Å². The van der Waals surface area contributed by atoms with E-state index in [4.69, 9.17) is 0 Å². The van der Waals surface area contributed by atoms with E-state index in [0.717, 1.165) is 16.9 Å². The molecule has 0 spiro atoms. The second-order valence-electron chi connectivity index (χ2n) is 3.98. The Labute approximate surface area is 93.5 Å². The van der Waals surface area contributed by atoms with Gasteiger partial charge in [-0.25, -0.2) is 4.98 Å². The molecule has 16 heavy (non-hydrogen) atoms. The first-order valence-corrected chi connectivity index (χ1v) is 5.22. The fourth-order valence-electron chi connectivity index (χ4n) is 1.77. The van der Waals surface area contributed by atoms with Crippen molar-refractivity contribution >= 4 is 17.0 Å². The molecule has 0 unspecified atom stereocenters. The molecule has 2 aromatic rings. The Balaban J connectivity index is 2.43. The summed E-state index contributed by atoms with van der Waals surface area (Å²) in [6, 6.07) is 7.70. The average molecular weight is 217 g/mol. The molecule has 2 rings (SSSR count). The molecular formula is C12H13N2O2-. The van der Waals surface area contributed by atoms with Crippen LogP contribution >= 0.6 is 0 Å². The molecule has 0 amide bonds. The largest absolute Gasteiger partial charge is 0.550 e. The highest BCUT2D eigenvalue weighted by molar-refractivity contribution is 5.76. The van der Waals surface area contributed by atoms with E-state index in [2.05, 4.69) is 4.98 Å². The molecule has 84 valence electrons. The van der Waals surface area contributed by atoms with Gasteiger partial charge in [0.15, 0.2) is 0 Å². The molecule has 1 aromatic heterocycles. The number of aromatic nitrogens is 2. The van der Waals surface area contributed by atoms with Gasteiger partial charge in [0.2, 0.25) is 0 Å². The summed E-state index contributed by atoms with van der Waals surface area (Å²) in [5.74, 6) is -0.720. The van der Waals surface area contributed by atoms with Gasteiger partial charge in [-0.1, -0.05) is 19.1 Å². The highest BCUT2D eigenvalue weighted by Crippen LogP contribution is 2.16. The number of aliphatic carboxylic acids is 1. The summed E-state index contributed by atoms with van der Waals surface area (Å²) >= 11 is 0. The Bertz CT molecular complexity index is 531. The molecule has 1 atom stereocenters. The van der Waals surface area contributed by atoms with Crippen molar-refractivity contribution in [2.45, 2.75) is 20.4 Å². The number of carboxylic acids is 1. The standard InChI is InChI=1S/C12H14N2O2/c1-8(12(15)16)7-14-9(2)13-10-5-3-4-6-11(10)14/h3-6,8H,7H2,1-2H3,(H,15,16)/p-1/t8-/m1/s1. The zero-order valence-corrected chi connectivity index (χ0v) is 9.30. The number of fused-ring (bicyclic) bond motifs is 1. The Morgan fingerprint density at radius 2 is 2.19 bits per heavy atom. The Hall–Kier alpha value is -1.84. The molecule has 1 heterocycles. The minimum atomic E-state index is -1.03. The zero-order valence-electron chi connectivity index (χ0n) is 9.30. The second kappa shape index (κ2) is 3.96. The van der Waals surface area contributed by atoms with E-state index in [1.807, 2.05) is 35.8 Å². The Kier molecular flexibility index (Phi) is 2.64. The third-order valence-electron chi connectivity index (χ3n) is 2.70. The summed E-state index contributed by atoms with van der Waals surface area (Å²) in [5, 5.41) is 10.7. The molecular weight excluding hydrogens is 204 g/mol. The number of hydrogen-bond donors (Lipinski definition) is 0. The van der Waals surface area contributed by atoms with Crippen LogP contribution in [0.1, 0.15) is 12.7 Å². The quantitative estimate of drug-likeness (QED) is 0.761. The minimum Gasteiger partial charge on any atom is -0.550 e.